The van der Waals surface area contributed by atoms with Gasteiger partial charge in [-0.15, -0.1) is 0 Å². The monoisotopic (exact) mass is 419 g/mol. The number of non-ortho nitro benzene ring substituents is 1. The van der Waals surface area contributed by atoms with Gasteiger partial charge in [0, 0.05) is 24.4 Å². The van der Waals surface area contributed by atoms with Crippen LogP contribution in [-0.2, 0) is 15.8 Å². The second kappa shape index (κ2) is 7.97. The van der Waals surface area contributed by atoms with Gasteiger partial charge in [-0.05, 0) is 42.3 Å². The standard InChI is InChI=1S/C20H16F3N3O4/c1-2-10-25-18(27)16(12-6-8-15(9-7-12)26(29)30)17(19(25)28)24-14-5-3-4-13(11-14)20(21,22)23/h3-9,11,24H,2,10H2,1H3. The second-order valence-electron chi connectivity index (χ2n) is 6.52. The number of hydrogen-bond donors (Lipinski definition) is 1. The zero-order valence-electron chi connectivity index (χ0n) is 15.7. The molecular weight excluding hydrogens is 403 g/mol. The first-order valence-corrected chi connectivity index (χ1v) is 8.93. The fraction of sp³-hybridized carbons (Fsp3) is 0.200. The highest BCUT2D eigenvalue weighted by molar-refractivity contribution is 6.36. The Labute approximate surface area is 168 Å². The second-order valence-corrected chi connectivity index (χ2v) is 6.52. The van der Waals surface area contributed by atoms with E-state index >= 15 is 0 Å². The minimum Gasteiger partial charge on any atom is -0.350 e. The maximum Gasteiger partial charge on any atom is 0.416 e. The maximum atomic E-state index is 13.0. The number of amides is 2. The van der Waals surface area contributed by atoms with Crippen molar-refractivity contribution in [1.82, 2.24) is 4.90 Å². The van der Waals surface area contributed by atoms with Crippen molar-refractivity contribution in [3.8, 4) is 0 Å². The average Bonchev–Trinajstić information content (AvgIpc) is 2.92. The van der Waals surface area contributed by atoms with Gasteiger partial charge in [0.25, 0.3) is 17.5 Å². The van der Waals surface area contributed by atoms with Crippen LogP contribution in [0.1, 0.15) is 24.5 Å². The molecule has 30 heavy (non-hydrogen) atoms. The van der Waals surface area contributed by atoms with Gasteiger partial charge in [0.15, 0.2) is 0 Å². The summed E-state index contributed by atoms with van der Waals surface area (Å²) in [6, 6.07) is 9.26. The fourth-order valence-electron chi connectivity index (χ4n) is 3.05. The molecule has 2 amide bonds. The number of carbonyl (C=O) groups excluding carboxylic acids is 2. The van der Waals surface area contributed by atoms with E-state index < -0.39 is 28.5 Å². The van der Waals surface area contributed by atoms with E-state index in [9.17, 15) is 32.9 Å². The minimum atomic E-state index is -4.57. The van der Waals surface area contributed by atoms with Crippen molar-refractivity contribution >= 4 is 28.8 Å². The van der Waals surface area contributed by atoms with Gasteiger partial charge in [0.2, 0.25) is 0 Å². The van der Waals surface area contributed by atoms with E-state index in [2.05, 4.69) is 5.32 Å². The lowest BCUT2D eigenvalue weighted by Crippen LogP contribution is -2.33. The summed E-state index contributed by atoms with van der Waals surface area (Å²) in [4.78, 5) is 36.9. The number of benzene rings is 2. The van der Waals surface area contributed by atoms with E-state index in [1.165, 1.54) is 36.4 Å². The molecule has 0 spiro atoms. The maximum absolute atomic E-state index is 13.0. The van der Waals surface area contributed by atoms with Gasteiger partial charge < -0.3 is 5.32 Å². The quantitative estimate of drug-likeness (QED) is 0.430. The van der Waals surface area contributed by atoms with Crippen LogP contribution < -0.4 is 5.32 Å². The Morgan fingerprint density at radius 2 is 1.73 bits per heavy atom. The number of imide groups is 1. The summed E-state index contributed by atoms with van der Waals surface area (Å²) >= 11 is 0. The molecule has 0 aromatic heterocycles. The Bertz CT molecular complexity index is 1050. The molecule has 156 valence electrons. The largest absolute Gasteiger partial charge is 0.416 e. The number of rotatable bonds is 6. The summed E-state index contributed by atoms with van der Waals surface area (Å²) in [5.41, 5.74) is -1.12. The number of carbonyl (C=O) groups is 2. The number of nitro groups is 1. The van der Waals surface area contributed by atoms with Crippen LogP contribution >= 0.6 is 0 Å². The van der Waals surface area contributed by atoms with Gasteiger partial charge in [0.1, 0.15) is 5.70 Å². The molecule has 2 aromatic rings. The average molecular weight is 419 g/mol. The highest BCUT2D eigenvalue weighted by Crippen LogP contribution is 2.34. The Kier molecular flexibility index (Phi) is 5.59. The molecule has 2 aromatic carbocycles. The number of halogens is 3. The number of nitro benzene ring substituents is 1. The van der Waals surface area contributed by atoms with Crippen LogP contribution in [0.2, 0.25) is 0 Å². The lowest BCUT2D eigenvalue weighted by atomic mass is 10.0. The first-order chi connectivity index (χ1) is 14.1. The smallest absolute Gasteiger partial charge is 0.350 e. The summed E-state index contributed by atoms with van der Waals surface area (Å²) in [6.07, 6.45) is -4.08. The Morgan fingerprint density at radius 1 is 1.07 bits per heavy atom. The van der Waals surface area contributed by atoms with Gasteiger partial charge in [-0.1, -0.05) is 13.0 Å². The third-order valence-corrected chi connectivity index (χ3v) is 4.44. The molecular formula is C20H16F3N3O4. The van der Waals surface area contributed by atoms with Crippen LogP contribution in [0.3, 0.4) is 0 Å². The van der Waals surface area contributed by atoms with Crippen molar-refractivity contribution in [3.05, 3.63) is 75.5 Å². The molecule has 0 radical (unpaired) electrons. The zero-order chi connectivity index (χ0) is 22.1. The fourth-order valence-corrected chi connectivity index (χ4v) is 3.05. The first kappa shape index (κ1) is 21.0. The lowest BCUT2D eigenvalue weighted by molar-refractivity contribution is -0.384. The van der Waals surface area contributed by atoms with E-state index in [0.29, 0.717) is 6.42 Å². The first-order valence-electron chi connectivity index (χ1n) is 8.93. The summed E-state index contributed by atoms with van der Waals surface area (Å²) < 4.78 is 39.0. The third-order valence-electron chi connectivity index (χ3n) is 4.44. The van der Waals surface area contributed by atoms with Crippen LogP contribution in [0, 0.1) is 10.1 Å². The molecule has 1 N–H and O–H groups in total. The number of anilines is 1. The van der Waals surface area contributed by atoms with Gasteiger partial charge in [-0.2, -0.15) is 13.2 Å². The summed E-state index contributed by atoms with van der Waals surface area (Å²) in [6.45, 7) is 1.90. The number of hydrogen-bond acceptors (Lipinski definition) is 5. The Morgan fingerprint density at radius 3 is 2.30 bits per heavy atom. The highest BCUT2D eigenvalue weighted by atomic mass is 19.4. The topological polar surface area (TPSA) is 92.6 Å². The van der Waals surface area contributed by atoms with E-state index in [4.69, 9.17) is 0 Å². The number of alkyl halides is 3. The zero-order valence-corrected chi connectivity index (χ0v) is 15.7. The lowest BCUT2D eigenvalue weighted by Gasteiger charge is -2.14. The number of nitrogens with one attached hydrogen (secondary N) is 1. The van der Waals surface area contributed by atoms with E-state index in [0.717, 1.165) is 17.0 Å². The molecule has 0 atom stereocenters. The summed E-state index contributed by atoms with van der Waals surface area (Å²) in [5, 5.41) is 13.5. The molecule has 3 rings (SSSR count). The van der Waals surface area contributed by atoms with Crippen molar-refractivity contribution in [1.29, 1.82) is 0 Å². The molecule has 0 saturated carbocycles. The highest BCUT2D eigenvalue weighted by Gasteiger charge is 2.39. The molecule has 7 nitrogen and oxygen atoms in total. The van der Waals surface area contributed by atoms with Crippen LogP contribution in [0.25, 0.3) is 5.57 Å². The van der Waals surface area contributed by atoms with E-state index in [1.54, 1.807) is 6.92 Å². The van der Waals surface area contributed by atoms with Gasteiger partial charge >= 0.3 is 6.18 Å². The van der Waals surface area contributed by atoms with Gasteiger partial charge in [0.05, 0.1) is 16.1 Å². The van der Waals surface area contributed by atoms with Crippen molar-refractivity contribution in [2.75, 3.05) is 11.9 Å². The third kappa shape index (κ3) is 4.02. The van der Waals surface area contributed by atoms with Crippen LogP contribution in [0.5, 0.6) is 0 Å². The molecule has 10 heteroatoms. The molecule has 0 saturated heterocycles. The van der Waals surface area contributed by atoms with Crippen LogP contribution in [-0.4, -0.2) is 28.2 Å². The predicted molar refractivity (Wildman–Crippen MR) is 102 cm³/mol. The Hall–Kier alpha value is -3.69. The molecule has 0 fully saturated rings. The summed E-state index contributed by atoms with van der Waals surface area (Å²) in [7, 11) is 0. The molecule has 1 heterocycles. The van der Waals surface area contributed by atoms with Crippen molar-refractivity contribution in [3.63, 3.8) is 0 Å². The molecule has 1 aliphatic rings. The normalized spacial score (nSPS) is 14.5. The van der Waals surface area contributed by atoms with Crippen molar-refractivity contribution < 1.29 is 27.7 Å². The molecule has 0 aliphatic carbocycles. The predicted octanol–water partition coefficient (Wildman–Crippen LogP) is 4.22. The SMILES string of the molecule is CCCN1C(=O)C(Nc2cccc(C(F)(F)F)c2)=C(c2ccc([N+](=O)[O-])cc2)C1=O. The van der Waals surface area contributed by atoms with Crippen LogP contribution in [0.4, 0.5) is 24.5 Å². The summed E-state index contributed by atoms with van der Waals surface area (Å²) in [5.74, 6) is -1.29. The molecule has 1 aliphatic heterocycles. The van der Waals surface area contributed by atoms with Gasteiger partial charge in [-0.3, -0.25) is 24.6 Å². The van der Waals surface area contributed by atoms with Crippen molar-refractivity contribution in [2.24, 2.45) is 0 Å². The Balaban J connectivity index is 2.07. The number of nitrogens with zero attached hydrogens (tertiary/aromatic N) is 2. The molecule has 0 unspecified atom stereocenters. The van der Waals surface area contributed by atoms with E-state index in [1.807, 2.05) is 0 Å². The minimum absolute atomic E-state index is 0.0151. The molecule has 0 bridgehead atoms. The van der Waals surface area contributed by atoms with Crippen LogP contribution in [0.15, 0.2) is 54.2 Å². The van der Waals surface area contributed by atoms with Crippen molar-refractivity contribution in [2.45, 2.75) is 19.5 Å². The van der Waals surface area contributed by atoms with Gasteiger partial charge in [-0.25, -0.2) is 0 Å². The van der Waals surface area contributed by atoms with E-state index in [-0.39, 0.29) is 34.8 Å².